The van der Waals surface area contributed by atoms with E-state index in [9.17, 15) is 5.11 Å². The molecule has 0 spiro atoms. The topological polar surface area (TPSA) is 71.4 Å². The van der Waals surface area contributed by atoms with Gasteiger partial charge in [-0.2, -0.15) is 0 Å². The van der Waals surface area contributed by atoms with Crippen LogP contribution in [0.2, 0.25) is 0 Å². The molecule has 0 saturated heterocycles. The molecule has 3 atom stereocenters. The first-order chi connectivity index (χ1) is 19.0. The standard InChI is InChI=1S/C27H24B6F2N4O2/c1-24-6-7-25(2,13-24)12-15(11-24)39(26(28,29)30)19-4-3-17(37-38-19)21-18(40)10-16(22(34)23(21)35)14-5-8-36-20(9-14)41-27(31,32)33/h3-5,8-10,15,40H,6-7,11-13H2,1-2H3/t15?,24-,25+. The van der Waals surface area contributed by atoms with E-state index in [1.54, 1.807) is 4.90 Å². The molecule has 41 heavy (non-hydrogen) atoms. The third kappa shape index (κ3) is 6.02. The molecule has 2 saturated carbocycles. The van der Waals surface area contributed by atoms with E-state index >= 15 is 8.78 Å². The molecule has 196 valence electrons. The number of anilines is 1. The number of fused-ring (bicyclic) bond motifs is 2. The lowest BCUT2D eigenvalue weighted by atomic mass is 9.47. The summed E-state index contributed by atoms with van der Waals surface area (Å²) in [4.78, 5) is 5.54. The first kappa shape index (κ1) is 29.6. The minimum atomic E-state index is -2.04. The predicted molar refractivity (Wildman–Crippen MR) is 158 cm³/mol. The van der Waals surface area contributed by atoms with Crippen molar-refractivity contribution in [1.82, 2.24) is 15.2 Å². The van der Waals surface area contributed by atoms with Crippen LogP contribution in [0, 0.1) is 22.5 Å². The molecule has 2 heterocycles. The molecule has 2 aliphatic carbocycles. The summed E-state index contributed by atoms with van der Waals surface area (Å²) in [6.07, 6.45) is 6.24. The Balaban J connectivity index is 1.47. The van der Waals surface area contributed by atoms with E-state index in [2.05, 4.69) is 29.0 Å². The largest absolute Gasteiger partial charge is 0.507 e. The van der Waals surface area contributed by atoms with Crippen LogP contribution >= 0.6 is 0 Å². The summed E-state index contributed by atoms with van der Waals surface area (Å²) in [6.45, 7) is 4.52. The van der Waals surface area contributed by atoms with Gasteiger partial charge in [0.25, 0.3) is 0 Å². The van der Waals surface area contributed by atoms with E-state index in [4.69, 9.17) is 51.8 Å². The zero-order valence-electron chi connectivity index (χ0n) is 22.9. The molecule has 1 aromatic carbocycles. The van der Waals surface area contributed by atoms with E-state index in [-0.39, 0.29) is 45.4 Å². The fourth-order valence-corrected chi connectivity index (χ4v) is 6.72. The van der Waals surface area contributed by atoms with E-state index in [1.807, 2.05) is 0 Å². The number of phenolic OH excluding ortho intramolecular Hbond substituents is 1. The van der Waals surface area contributed by atoms with Gasteiger partial charge in [0.05, 0.1) is 34.8 Å². The Labute approximate surface area is 246 Å². The van der Waals surface area contributed by atoms with Gasteiger partial charge < -0.3 is 14.7 Å². The summed E-state index contributed by atoms with van der Waals surface area (Å²) in [5.74, 6) is -2.99. The van der Waals surface area contributed by atoms with Crippen LogP contribution in [-0.4, -0.2) is 83.9 Å². The van der Waals surface area contributed by atoms with Crippen molar-refractivity contribution in [3.05, 3.63) is 48.2 Å². The van der Waals surface area contributed by atoms with Crippen molar-refractivity contribution in [1.29, 1.82) is 0 Å². The van der Waals surface area contributed by atoms with Gasteiger partial charge in [0.15, 0.2) is 11.6 Å². The van der Waals surface area contributed by atoms with E-state index < -0.39 is 33.5 Å². The summed E-state index contributed by atoms with van der Waals surface area (Å²) in [5.41, 5.74) is -0.451. The number of rotatable bonds is 7. The van der Waals surface area contributed by atoms with Gasteiger partial charge in [0, 0.05) is 23.9 Å². The molecule has 2 aliphatic rings. The number of hydrogen-bond acceptors (Lipinski definition) is 6. The Kier molecular flexibility index (Phi) is 7.31. The fraction of sp³-hybridized carbons (Fsp3) is 0.444. The Hall–Kier alpha value is -2.90. The lowest BCUT2D eigenvalue weighted by Crippen LogP contribution is -2.58. The molecular weight excluding hydrogens is 515 g/mol. The molecule has 2 bridgehead atoms. The molecule has 1 unspecified atom stereocenters. The highest BCUT2D eigenvalue weighted by molar-refractivity contribution is 6.61. The van der Waals surface area contributed by atoms with Crippen LogP contribution in [0.1, 0.15) is 46.0 Å². The first-order valence-corrected chi connectivity index (χ1v) is 13.2. The van der Waals surface area contributed by atoms with Gasteiger partial charge in [0.1, 0.15) is 35.1 Å². The van der Waals surface area contributed by atoms with Crippen molar-refractivity contribution in [2.75, 3.05) is 4.90 Å². The van der Waals surface area contributed by atoms with Gasteiger partial charge in [-0.1, -0.05) is 19.1 Å². The van der Waals surface area contributed by atoms with Gasteiger partial charge in [-0.05, 0) is 78.1 Å². The average molecular weight is 539 g/mol. The Bertz CT molecular complexity index is 1450. The molecule has 2 fully saturated rings. The maximum atomic E-state index is 15.4. The predicted octanol–water partition coefficient (Wildman–Crippen LogP) is 2.97. The zero-order valence-corrected chi connectivity index (χ0v) is 22.9. The van der Waals surface area contributed by atoms with Crippen molar-refractivity contribution >= 4 is 52.9 Å². The number of aromatic hydroxyl groups is 1. The summed E-state index contributed by atoms with van der Waals surface area (Å²) in [5, 5.41) is 15.3. The number of benzene rings is 1. The van der Waals surface area contributed by atoms with Crippen LogP contribution in [-0.2, 0) is 0 Å². The molecule has 0 amide bonds. The van der Waals surface area contributed by atoms with Gasteiger partial charge in [0.2, 0.25) is 5.88 Å². The molecule has 0 aliphatic heterocycles. The molecule has 14 heteroatoms. The smallest absolute Gasteiger partial charge is 0.212 e. The number of ether oxygens (including phenoxy) is 1. The third-order valence-electron chi connectivity index (χ3n) is 8.09. The Morgan fingerprint density at radius 3 is 2.17 bits per heavy atom. The van der Waals surface area contributed by atoms with Crippen LogP contribution in [0.15, 0.2) is 36.5 Å². The first-order valence-electron chi connectivity index (χ1n) is 13.2. The van der Waals surface area contributed by atoms with E-state index in [0.29, 0.717) is 0 Å². The molecule has 3 aromatic rings. The average Bonchev–Trinajstić information content (AvgIpc) is 3.07. The van der Waals surface area contributed by atoms with E-state index in [0.717, 1.165) is 38.2 Å². The second kappa shape index (κ2) is 10.1. The summed E-state index contributed by atoms with van der Waals surface area (Å²) < 4.78 is 35.8. The number of halogens is 2. The molecular formula is C27H24B6F2N4O2. The molecule has 2 aromatic heterocycles. The van der Waals surface area contributed by atoms with Gasteiger partial charge in [-0.15, -0.1) is 10.2 Å². The molecule has 12 radical (unpaired) electrons. The minimum Gasteiger partial charge on any atom is -0.507 e. The van der Waals surface area contributed by atoms with Gasteiger partial charge in [-0.3, -0.25) is 0 Å². The lowest BCUT2D eigenvalue weighted by molar-refractivity contribution is 0.145. The van der Waals surface area contributed by atoms with Crippen LogP contribution in [0.4, 0.5) is 14.6 Å². The maximum absolute atomic E-state index is 15.4. The molecule has 5 rings (SSSR count). The number of phenols is 1. The highest BCUT2D eigenvalue weighted by Gasteiger charge is 2.51. The van der Waals surface area contributed by atoms with Crippen molar-refractivity contribution in [2.45, 2.75) is 62.5 Å². The number of hydrogen-bond donors (Lipinski definition) is 1. The third-order valence-corrected chi connectivity index (χ3v) is 8.09. The van der Waals surface area contributed by atoms with E-state index in [1.165, 1.54) is 30.5 Å². The van der Waals surface area contributed by atoms with Crippen molar-refractivity contribution < 1.29 is 18.6 Å². The summed E-state index contributed by atoms with van der Waals surface area (Å²) in [7, 11) is 34.9. The Morgan fingerprint density at radius 2 is 1.61 bits per heavy atom. The normalized spacial score (nSPS) is 24.2. The summed E-state index contributed by atoms with van der Waals surface area (Å²) in [6, 6.07) is 6.52. The fourth-order valence-electron chi connectivity index (χ4n) is 6.72. The second-order valence-corrected chi connectivity index (χ2v) is 12.2. The van der Waals surface area contributed by atoms with Crippen LogP contribution in [0.5, 0.6) is 11.6 Å². The maximum Gasteiger partial charge on any atom is 0.212 e. The monoisotopic (exact) mass is 540 g/mol. The number of pyridine rings is 1. The van der Waals surface area contributed by atoms with Crippen LogP contribution in [0.25, 0.3) is 22.4 Å². The van der Waals surface area contributed by atoms with Crippen molar-refractivity contribution in [2.24, 2.45) is 10.8 Å². The van der Waals surface area contributed by atoms with Crippen molar-refractivity contribution in [3.63, 3.8) is 0 Å². The van der Waals surface area contributed by atoms with Crippen LogP contribution in [0.3, 0.4) is 0 Å². The summed E-state index contributed by atoms with van der Waals surface area (Å²) >= 11 is 0. The molecule has 6 nitrogen and oxygen atoms in total. The molecule has 1 N–H and O–H groups in total. The SMILES string of the molecule is [B]C([B])([B])Oc1cc(-c2cc(O)c(-c3ccc(N(C4C[C@]5(C)CC[C@](C)(C4)C5)C([B])([B])[B])nn3)c(F)c2F)ccn1. The second-order valence-electron chi connectivity index (χ2n) is 12.2. The van der Waals surface area contributed by atoms with Crippen LogP contribution < -0.4 is 9.64 Å². The quantitative estimate of drug-likeness (QED) is 0.466. The highest BCUT2D eigenvalue weighted by atomic mass is 19.2. The zero-order chi connectivity index (χ0) is 30.0. The highest BCUT2D eigenvalue weighted by Crippen LogP contribution is 2.59. The van der Waals surface area contributed by atoms with Crippen molar-refractivity contribution in [3.8, 4) is 34.0 Å². The number of nitrogens with zero attached hydrogens (tertiary/aromatic N) is 4. The lowest BCUT2D eigenvalue weighted by Gasteiger charge is -2.51. The number of aromatic nitrogens is 3. The minimum absolute atomic E-state index is 0.0968. The Morgan fingerprint density at radius 1 is 0.951 bits per heavy atom. The van der Waals surface area contributed by atoms with Gasteiger partial charge in [-0.25, -0.2) is 13.8 Å². The van der Waals surface area contributed by atoms with Gasteiger partial charge >= 0.3 is 0 Å².